The highest BCUT2D eigenvalue weighted by molar-refractivity contribution is 9.10. The molecule has 14 heavy (non-hydrogen) atoms. The average Bonchev–Trinajstić information content (AvgIpc) is 2.64. The lowest BCUT2D eigenvalue weighted by Crippen LogP contribution is -2.32. The molecule has 0 amide bonds. The molecule has 0 spiro atoms. The van der Waals surface area contributed by atoms with Gasteiger partial charge in [0, 0.05) is 12.8 Å². The zero-order valence-electron chi connectivity index (χ0n) is 7.33. The van der Waals surface area contributed by atoms with Crippen molar-refractivity contribution < 1.29 is 4.74 Å². The minimum absolute atomic E-state index is 0.0376. The number of hydrogen-bond donors (Lipinski definition) is 1. The van der Waals surface area contributed by atoms with E-state index in [4.69, 9.17) is 4.74 Å². The normalized spacial score (nSPS) is 21.4. The van der Waals surface area contributed by atoms with Gasteiger partial charge in [0.05, 0.1) is 17.1 Å². The summed E-state index contributed by atoms with van der Waals surface area (Å²) in [5.74, 6) is 0. The second kappa shape index (κ2) is 3.70. The van der Waals surface area contributed by atoms with Gasteiger partial charge in [0.25, 0.3) is 5.56 Å². The van der Waals surface area contributed by atoms with E-state index < -0.39 is 5.56 Å². The number of nitrogens with zero attached hydrogens (tertiary/aromatic N) is 1. The second-order valence-corrected chi connectivity index (χ2v) is 4.02. The number of nitrogens with one attached hydrogen (secondary N) is 1. The molecule has 76 valence electrons. The van der Waals surface area contributed by atoms with Crippen LogP contribution < -0.4 is 11.2 Å². The minimum Gasteiger partial charge on any atom is -0.379 e. The molecule has 0 unspecified atom stereocenters. The maximum Gasteiger partial charge on any atom is 0.328 e. The first-order valence-electron chi connectivity index (χ1n) is 4.27. The lowest BCUT2D eigenvalue weighted by Gasteiger charge is -2.10. The molecule has 1 saturated heterocycles. The summed E-state index contributed by atoms with van der Waals surface area (Å²) in [4.78, 5) is 24.7. The highest BCUT2D eigenvalue weighted by atomic mass is 79.9. The van der Waals surface area contributed by atoms with Gasteiger partial charge in [-0.05, 0) is 22.4 Å². The van der Waals surface area contributed by atoms with Crippen molar-refractivity contribution >= 4 is 15.9 Å². The molecule has 1 atom stereocenters. The SMILES string of the molecule is O=c1[nH]c(=O)n([C@@H]2CCOC2)cc1Br. The van der Waals surface area contributed by atoms with Gasteiger partial charge in [0.2, 0.25) is 0 Å². The fourth-order valence-electron chi connectivity index (χ4n) is 1.47. The molecular formula is C8H9BrN2O3. The van der Waals surface area contributed by atoms with Crippen molar-refractivity contribution in [3.05, 3.63) is 31.5 Å². The third-order valence-electron chi connectivity index (χ3n) is 2.22. The molecule has 0 aromatic carbocycles. The van der Waals surface area contributed by atoms with Gasteiger partial charge in [-0.2, -0.15) is 0 Å². The summed E-state index contributed by atoms with van der Waals surface area (Å²) in [6, 6.07) is 0.0376. The topological polar surface area (TPSA) is 64.1 Å². The van der Waals surface area contributed by atoms with Gasteiger partial charge < -0.3 is 4.74 Å². The first kappa shape index (κ1) is 9.67. The molecule has 2 heterocycles. The van der Waals surface area contributed by atoms with E-state index in [1.54, 1.807) is 0 Å². The van der Waals surface area contributed by atoms with Crippen molar-refractivity contribution in [3.8, 4) is 0 Å². The molecule has 1 aromatic heterocycles. The Kier molecular flexibility index (Phi) is 2.56. The predicted molar refractivity (Wildman–Crippen MR) is 53.5 cm³/mol. The van der Waals surface area contributed by atoms with Crippen LogP contribution >= 0.6 is 15.9 Å². The van der Waals surface area contributed by atoms with Crippen LogP contribution in [0.1, 0.15) is 12.5 Å². The monoisotopic (exact) mass is 260 g/mol. The summed E-state index contributed by atoms with van der Waals surface area (Å²) in [5, 5.41) is 0. The second-order valence-electron chi connectivity index (χ2n) is 3.16. The third-order valence-corrected chi connectivity index (χ3v) is 2.79. The quantitative estimate of drug-likeness (QED) is 0.788. The summed E-state index contributed by atoms with van der Waals surface area (Å²) in [6.07, 6.45) is 2.32. The number of halogens is 1. The first-order valence-corrected chi connectivity index (χ1v) is 5.06. The molecule has 1 N–H and O–H groups in total. The van der Waals surface area contributed by atoms with Gasteiger partial charge >= 0.3 is 5.69 Å². The molecule has 0 aliphatic carbocycles. The fourth-order valence-corrected chi connectivity index (χ4v) is 1.79. The van der Waals surface area contributed by atoms with Crippen LogP contribution in [0.2, 0.25) is 0 Å². The Labute approximate surface area is 87.8 Å². The van der Waals surface area contributed by atoms with Crippen LogP contribution in [-0.2, 0) is 4.74 Å². The van der Waals surface area contributed by atoms with Crippen molar-refractivity contribution in [3.63, 3.8) is 0 Å². The highest BCUT2D eigenvalue weighted by Gasteiger charge is 2.19. The summed E-state index contributed by atoms with van der Waals surface area (Å²) < 4.78 is 7.03. The van der Waals surface area contributed by atoms with Crippen molar-refractivity contribution in [1.82, 2.24) is 9.55 Å². The summed E-state index contributed by atoms with van der Waals surface area (Å²) in [7, 11) is 0. The van der Waals surface area contributed by atoms with E-state index in [0.29, 0.717) is 17.7 Å². The molecular weight excluding hydrogens is 252 g/mol. The summed E-state index contributed by atoms with van der Waals surface area (Å²) in [5.41, 5.74) is -0.779. The van der Waals surface area contributed by atoms with Gasteiger partial charge in [0.1, 0.15) is 0 Å². The Morgan fingerprint density at radius 2 is 2.36 bits per heavy atom. The van der Waals surface area contributed by atoms with Crippen LogP contribution in [0.25, 0.3) is 0 Å². The molecule has 0 bridgehead atoms. The van der Waals surface area contributed by atoms with Gasteiger partial charge in [-0.15, -0.1) is 0 Å². The number of hydrogen-bond acceptors (Lipinski definition) is 3. The smallest absolute Gasteiger partial charge is 0.328 e. The van der Waals surface area contributed by atoms with Gasteiger partial charge in [-0.25, -0.2) is 4.79 Å². The molecule has 1 aliphatic heterocycles. The number of aromatic nitrogens is 2. The van der Waals surface area contributed by atoms with Crippen molar-refractivity contribution in [2.45, 2.75) is 12.5 Å². The standard InChI is InChI=1S/C8H9BrN2O3/c9-6-3-11(5-1-2-14-4-5)8(13)10-7(6)12/h3,5H,1-2,4H2,(H,10,12,13)/t5-/m1/s1. The molecule has 1 aromatic rings. The van der Waals surface area contributed by atoms with Gasteiger partial charge in [0.15, 0.2) is 0 Å². The number of aromatic amines is 1. The van der Waals surface area contributed by atoms with E-state index in [9.17, 15) is 9.59 Å². The molecule has 0 saturated carbocycles. The first-order chi connectivity index (χ1) is 6.68. The number of ether oxygens (including phenoxy) is 1. The highest BCUT2D eigenvalue weighted by Crippen LogP contribution is 2.16. The minimum atomic E-state index is -0.398. The van der Waals surface area contributed by atoms with Gasteiger partial charge in [-0.3, -0.25) is 14.3 Å². The van der Waals surface area contributed by atoms with Crippen molar-refractivity contribution in [2.24, 2.45) is 0 Å². The number of rotatable bonds is 1. The average molecular weight is 261 g/mol. The maximum atomic E-state index is 11.4. The lowest BCUT2D eigenvalue weighted by atomic mass is 10.2. The Morgan fingerprint density at radius 1 is 1.57 bits per heavy atom. The Morgan fingerprint density at radius 3 is 3.00 bits per heavy atom. The summed E-state index contributed by atoms with van der Waals surface area (Å²) in [6.45, 7) is 1.19. The zero-order chi connectivity index (χ0) is 10.1. The van der Waals surface area contributed by atoms with Crippen LogP contribution in [0.15, 0.2) is 20.3 Å². The van der Waals surface area contributed by atoms with E-state index >= 15 is 0 Å². The molecule has 0 radical (unpaired) electrons. The third kappa shape index (κ3) is 1.67. The van der Waals surface area contributed by atoms with Crippen LogP contribution in [-0.4, -0.2) is 22.8 Å². The molecule has 1 aliphatic rings. The molecule has 1 fully saturated rings. The summed E-state index contributed by atoms with van der Waals surface area (Å²) >= 11 is 3.08. The van der Waals surface area contributed by atoms with Crippen LogP contribution in [0.3, 0.4) is 0 Å². The number of H-pyrrole nitrogens is 1. The fraction of sp³-hybridized carbons (Fsp3) is 0.500. The zero-order valence-corrected chi connectivity index (χ0v) is 8.91. The van der Waals surface area contributed by atoms with Gasteiger partial charge in [-0.1, -0.05) is 0 Å². The predicted octanol–water partition coefficient (Wildman–Crippen LogP) is 0.260. The molecule has 5 nitrogen and oxygen atoms in total. The van der Waals surface area contributed by atoms with E-state index in [0.717, 1.165) is 6.42 Å². The van der Waals surface area contributed by atoms with E-state index in [1.807, 2.05) is 0 Å². The Balaban J connectivity index is 2.47. The van der Waals surface area contributed by atoms with E-state index in [2.05, 4.69) is 20.9 Å². The Hall–Kier alpha value is -0.880. The van der Waals surface area contributed by atoms with E-state index in [1.165, 1.54) is 10.8 Å². The van der Waals surface area contributed by atoms with Crippen molar-refractivity contribution in [1.29, 1.82) is 0 Å². The molecule has 2 rings (SSSR count). The van der Waals surface area contributed by atoms with Crippen LogP contribution in [0.4, 0.5) is 0 Å². The lowest BCUT2D eigenvalue weighted by molar-refractivity contribution is 0.185. The van der Waals surface area contributed by atoms with Crippen molar-refractivity contribution in [2.75, 3.05) is 13.2 Å². The Bertz CT molecular complexity index is 445. The van der Waals surface area contributed by atoms with Crippen LogP contribution in [0, 0.1) is 0 Å². The molecule has 6 heteroatoms. The van der Waals surface area contributed by atoms with E-state index in [-0.39, 0.29) is 11.7 Å². The largest absolute Gasteiger partial charge is 0.379 e. The maximum absolute atomic E-state index is 11.4. The van der Waals surface area contributed by atoms with Crippen LogP contribution in [0.5, 0.6) is 0 Å².